The molecule has 4 rings (SSSR count). The topological polar surface area (TPSA) is 30.0 Å². The fourth-order valence-electron chi connectivity index (χ4n) is 3.27. The normalized spacial score (nSPS) is 12.2. The molecule has 0 amide bonds. The van der Waals surface area contributed by atoms with Crippen molar-refractivity contribution in [3.8, 4) is 0 Å². The Morgan fingerprint density at radius 3 is 2.50 bits per heavy atom. The molecule has 0 saturated carbocycles. The zero-order valence-electron chi connectivity index (χ0n) is 14.3. The van der Waals surface area contributed by atoms with Gasteiger partial charge in [-0.15, -0.1) is 11.3 Å². The van der Waals surface area contributed by atoms with E-state index in [0.717, 1.165) is 27.9 Å². The summed E-state index contributed by atoms with van der Waals surface area (Å²) in [5.41, 5.74) is 3.21. The molecule has 2 aromatic carbocycles. The van der Waals surface area contributed by atoms with Crippen LogP contribution in [0.3, 0.4) is 0 Å². The number of nitrogens with zero attached hydrogens (tertiary/aromatic N) is 1. The van der Waals surface area contributed by atoms with Gasteiger partial charge in [-0.25, -0.2) is 0 Å². The van der Waals surface area contributed by atoms with Gasteiger partial charge in [0, 0.05) is 17.5 Å². The van der Waals surface area contributed by atoms with E-state index in [0.29, 0.717) is 6.42 Å². The van der Waals surface area contributed by atoms with Crippen LogP contribution in [0.2, 0.25) is 0 Å². The second kappa shape index (κ2) is 7.63. The standard InChI is InChI=1S/C23H19NOS/c25-22(23-11-6-14-26-23)16-19(17-7-2-1-3-8-17)15-20-13-12-18-9-4-5-10-21(18)24-20/h1-14,19H,15-16H2. The van der Waals surface area contributed by atoms with Crippen molar-refractivity contribution in [3.05, 3.63) is 100 Å². The molecule has 1 atom stereocenters. The molecule has 0 N–H and O–H groups in total. The number of carbonyl (C=O) groups excluding carboxylic acids is 1. The maximum absolute atomic E-state index is 12.7. The van der Waals surface area contributed by atoms with E-state index in [1.165, 1.54) is 16.9 Å². The number of fused-ring (bicyclic) bond motifs is 1. The van der Waals surface area contributed by atoms with Crippen LogP contribution >= 0.6 is 11.3 Å². The summed E-state index contributed by atoms with van der Waals surface area (Å²) < 4.78 is 0. The molecule has 0 spiro atoms. The number of benzene rings is 2. The maximum atomic E-state index is 12.7. The molecular weight excluding hydrogens is 338 g/mol. The number of para-hydroxylation sites is 1. The summed E-state index contributed by atoms with van der Waals surface area (Å²) in [6.07, 6.45) is 1.25. The third kappa shape index (κ3) is 3.73. The molecule has 0 saturated heterocycles. The Bertz CT molecular complexity index is 1010. The third-order valence-corrected chi connectivity index (χ3v) is 5.52. The predicted octanol–water partition coefficient (Wildman–Crippen LogP) is 5.90. The molecule has 0 aliphatic heterocycles. The first-order chi connectivity index (χ1) is 12.8. The van der Waals surface area contributed by atoms with Crippen molar-refractivity contribution in [3.63, 3.8) is 0 Å². The number of thiophene rings is 1. The number of hydrogen-bond donors (Lipinski definition) is 0. The summed E-state index contributed by atoms with van der Waals surface area (Å²) in [6, 6.07) is 26.4. The Balaban J connectivity index is 1.62. The van der Waals surface area contributed by atoms with Crippen LogP contribution in [0.5, 0.6) is 0 Å². The van der Waals surface area contributed by atoms with E-state index in [1.54, 1.807) is 0 Å². The first kappa shape index (κ1) is 16.7. The summed E-state index contributed by atoms with van der Waals surface area (Å²) in [7, 11) is 0. The van der Waals surface area contributed by atoms with Crippen molar-refractivity contribution >= 4 is 28.0 Å². The highest BCUT2D eigenvalue weighted by molar-refractivity contribution is 7.12. The van der Waals surface area contributed by atoms with Gasteiger partial charge in [-0.1, -0.05) is 60.7 Å². The molecule has 0 aliphatic carbocycles. The van der Waals surface area contributed by atoms with E-state index in [4.69, 9.17) is 4.98 Å². The highest BCUT2D eigenvalue weighted by Crippen LogP contribution is 2.27. The molecule has 0 radical (unpaired) electrons. The van der Waals surface area contributed by atoms with Crippen LogP contribution in [0.25, 0.3) is 10.9 Å². The van der Waals surface area contributed by atoms with Crippen molar-refractivity contribution in [1.82, 2.24) is 4.98 Å². The third-order valence-electron chi connectivity index (χ3n) is 4.61. The van der Waals surface area contributed by atoms with Crippen molar-refractivity contribution in [2.45, 2.75) is 18.8 Å². The lowest BCUT2D eigenvalue weighted by Crippen LogP contribution is -2.10. The van der Waals surface area contributed by atoms with Gasteiger partial charge in [0.25, 0.3) is 0 Å². The van der Waals surface area contributed by atoms with Crippen molar-refractivity contribution in [2.24, 2.45) is 0 Å². The van der Waals surface area contributed by atoms with Crippen molar-refractivity contribution in [1.29, 1.82) is 0 Å². The maximum Gasteiger partial charge on any atom is 0.173 e. The zero-order chi connectivity index (χ0) is 17.8. The lowest BCUT2D eigenvalue weighted by atomic mass is 9.89. The van der Waals surface area contributed by atoms with Gasteiger partial charge in [-0.05, 0) is 41.5 Å². The fourth-order valence-corrected chi connectivity index (χ4v) is 3.94. The van der Waals surface area contributed by atoms with E-state index in [1.807, 2.05) is 53.9 Å². The van der Waals surface area contributed by atoms with Gasteiger partial charge in [0.05, 0.1) is 10.4 Å². The monoisotopic (exact) mass is 357 g/mol. The first-order valence-electron chi connectivity index (χ1n) is 8.76. The Labute approximate surface area is 157 Å². The highest BCUT2D eigenvalue weighted by Gasteiger charge is 2.19. The predicted molar refractivity (Wildman–Crippen MR) is 108 cm³/mol. The Morgan fingerprint density at radius 1 is 0.885 bits per heavy atom. The van der Waals surface area contributed by atoms with Crippen LogP contribution in [-0.2, 0) is 6.42 Å². The molecule has 4 aromatic rings. The van der Waals surface area contributed by atoms with Crippen LogP contribution in [0.4, 0.5) is 0 Å². The van der Waals surface area contributed by atoms with E-state index in [-0.39, 0.29) is 11.7 Å². The first-order valence-corrected chi connectivity index (χ1v) is 9.64. The van der Waals surface area contributed by atoms with Crippen LogP contribution < -0.4 is 0 Å². The molecule has 0 fully saturated rings. The fraction of sp³-hybridized carbons (Fsp3) is 0.130. The Morgan fingerprint density at radius 2 is 1.69 bits per heavy atom. The summed E-state index contributed by atoms with van der Waals surface area (Å²) in [4.78, 5) is 18.3. The Hall–Kier alpha value is -2.78. The molecular formula is C23H19NOS. The minimum atomic E-state index is 0.125. The summed E-state index contributed by atoms with van der Waals surface area (Å²) in [6.45, 7) is 0. The van der Waals surface area contributed by atoms with E-state index < -0.39 is 0 Å². The minimum absolute atomic E-state index is 0.125. The molecule has 2 nitrogen and oxygen atoms in total. The number of carbonyl (C=O) groups is 1. The number of pyridine rings is 1. The molecule has 1 unspecified atom stereocenters. The van der Waals surface area contributed by atoms with Crippen LogP contribution in [0.1, 0.15) is 33.3 Å². The zero-order valence-corrected chi connectivity index (χ0v) is 15.2. The quantitative estimate of drug-likeness (QED) is 0.402. The summed E-state index contributed by atoms with van der Waals surface area (Å²) in [5, 5.41) is 3.09. The molecule has 128 valence electrons. The summed E-state index contributed by atoms with van der Waals surface area (Å²) >= 11 is 1.51. The largest absolute Gasteiger partial charge is 0.293 e. The Kier molecular flexibility index (Phi) is 4.89. The lowest BCUT2D eigenvalue weighted by molar-refractivity contribution is 0.0977. The number of aromatic nitrogens is 1. The van der Waals surface area contributed by atoms with Crippen LogP contribution in [0.15, 0.2) is 84.2 Å². The average molecular weight is 357 g/mol. The molecule has 26 heavy (non-hydrogen) atoms. The SMILES string of the molecule is O=C(CC(Cc1ccc2ccccc2n1)c1ccccc1)c1cccs1. The average Bonchev–Trinajstić information content (AvgIpc) is 3.23. The second-order valence-corrected chi connectivity index (χ2v) is 7.36. The number of Topliss-reactive ketones (excluding diaryl/α,β-unsaturated/α-hetero) is 1. The molecule has 0 bridgehead atoms. The van der Waals surface area contributed by atoms with Crippen LogP contribution in [0, 0.1) is 0 Å². The second-order valence-electron chi connectivity index (χ2n) is 6.41. The van der Waals surface area contributed by atoms with Crippen LogP contribution in [-0.4, -0.2) is 10.8 Å². The highest BCUT2D eigenvalue weighted by atomic mass is 32.1. The summed E-state index contributed by atoms with van der Waals surface area (Å²) in [5.74, 6) is 0.328. The molecule has 3 heteroatoms. The van der Waals surface area contributed by atoms with Gasteiger partial charge in [-0.2, -0.15) is 0 Å². The van der Waals surface area contributed by atoms with Gasteiger partial charge in [0.1, 0.15) is 0 Å². The van der Waals surface area contributed by atoms with E-state index in [2.05, 4.69) is 30.3 Å². The number of hydrogen-bond acceptors (Lipinski definition) is 3. The smallest absolute Gasteiger partial charge is 0.173 e. The van der Waals surface area contributed by atoms with Gasteiger partial charge in [0.2, 0.25) is 0 Å². The number of rotatable bonds is 6. The molecule has 2 heterocycles. The number of ketones is 1. The van der Waals surface area contributed by atoms with Gasteiger partial charge in [0.15, 0.2) is 5.78 Å². The van der Waals surface area contributed by atoms with Gasteiger partial charge in [-0.3, -0.25) is 9.78 Å². The van der Waals surface area contributed by atoms with Gasteiger partial charge >= 0.3 is 0 Å². The van der Waals surface area contributed by atoms with E-state index >= 15 is 0 Å². The van der Waals surface area contributed by atoms with E-state index in [9.17, 15) is 4.79 Å². The minimum Gasteiger partial charge on any atom is -0.293 e. The van der Waals surface area contributed by atoms with Crippen molar-refractivity contribution < 1.29 is 4.79 Å². The lowest BCUT2D eigenvalue weighted by Gasteiger charge is -2.16. The van der Waals surface area contributed by atoms with Crippen molar-refractivity contribution in [2.75, 3.05) is 0 Å². The molecule has 0 aliphatic rings. The van der Waals surface area contributed by atoms with Gasteiger partial charge < -0.3 is 0 Å². The molecule has 2 aromatic heterocycles.